The monoisotopic (exact) mass is 312 g/mol. The fraction of sp³-hybridized carbons (Fsp3) is 0.438. The van der Waals surface area contributed by atoms with E-state index < -0.39 is 0 Å². The molecule has 2 aromatic rings. The Bertz CT molecular complexity index is 770. The number of pyridine rings is 1. The highest BCUT2D eigenvalue weighted by molar-refractivity contribution is 7.17. The van der Waals surface area contributed by atoms with Crippen molar-refractivity contribution < 1.29 is 4.79 Å². The SMILES string of the molecule is N#Cc1csc2cnc(C(=O)N[C@H]3CN4CCC3CC4)cc12. The number of carbonyl (C=O) groups is 1. The van der Waals surface area contributed by atoms with Gasteiger partial charge in [-0.25, -0.2) is 4.98 Å². The fourth-order valence-electron chi connectivity index (χ4n) is 3.51. The molecular formula is C16H16N4OS. The lowest BCUT2D eigenvalue weighted by Gasteiger charge is -2.44. The first-order valence-electron chi connectivity index (χ1n) is 7.55. The maximum atomic E-state index is 12.5. The fourth-order valence-corrected chi connectivity index (χ4v) is 4.35. The molecule has 0 aromatic carbocycles. The Kier molecular flexibility index (Phi) is 3.32. The second-order valence-electron chi connectivity index (χ2n) is 6.04. The van der Waals surface area contributed by atoms with E-state index in [0.29, 0.717) is 17.2 Å². The summed E-state index contributed by atoms with van der Waals surface area (Å²) in [6.07, 6.45) is 4.02. The molecule has 5 rings (SSSR count). The molecule has 0 saturated carbocycles. The van der Waals surface area contributed by atoms with Crippen LogP contribution in [0.2, 0.25) is 0 Å². The summed E-state index contributed by atoms with van der Waals surface area (Å²) in [5, 5.41) is 14.9. The van der Waals surface area contributed by atoms with Crippen molar-refractivity contribution in [1.29, 1.82) is 5.26 Å². The molecule has 0 unspecified atom stereocenters. The Hall–Kier alpha value is -1.97. The molecule has 2 aromatic heterocycles. The lowest BCUT2D eigenvalue weighted by atomic mass is 9.84. The predicted octanol–water partition coefficient (Wildman–Crippen LogP) is 1.99. The van der Waals surface area contributed by atoms with E-state index in [2.05, 4.69) is 21.3 Å². The number of aromatic nitrogens is 1. The van der Waals surface area contributed by atoms with Gasteiger partial charge in [0.1, 0.15) is 11.8 Å². The normalized spacial score (nSPS) is 26.8. The molecule has 5 heterocycles. The standard InChI is InChI=1S/C16H16N4OS/c17-6-11-9-22-15-7-18-13(5-12(11)15)16(21)19-14-8-20-3-1-10(14)2-4-20/h5,7,9-10,14H,1-4,8H2,(H,19,21)/t14-/m0/s1. The average molecular weight is 312 g/mol. The minimum atomic E-state index is -0.129. The summed E-state index contributed by atoms with van der Waals surface area (Å²) >= 11 is 1.48. The van der Waals surface area contributed by atoms with Crippen molar-refractivity contribution in [3.8, 4) is 6.07 Å². The number of nitrogens with zero attached hydrogens (tertiary/aromatic N) is 3. The number of nitriles is 1. The Morgan fingerprint density at radius 1 is 1.45 bits per heavy atom. The Balaban J connectivity index is 1.56. The quantitative estimate of drug-likeness (QED) is 0.921. The Morgan fingerprint density at radius 3 is 2.95 bits per heavy atom. The summed E-state index contributed by atoms with van der Waals surface area (Å²) in [5.41, 5.74) is 1.01. The predicted molar refractivity (Wildman–Crippen MR) is 84.8 cm³/mol. The highest BCUT2D eigenvalue weighted by Gasteiger charge is 2.35. The average Bonchev–Trinajstić information content (AvgIpc) is 2.98. The second kappa shape index (κ2) is 5.34. The molecule has 1 atom stereocenters. The van der Waals surface area contributed by atoms with Crippen LogP contribution < -0.4 is 5.32 Å². The third-order valence-electron chi connectivity index (χ3n) is 4.79. The zero-order chi connectivity index (χ0) is 15.1. The number of amides is 1. The van der Waals surface area contributed by atoms with Crippen molar-refractivity contribution in [2.75, 3.05) is 19.6 Å². The van der Waals surface area contributed by atoms with Crippen LogP contribution in [0.5, 0.6) is 0 Å². The first-order chi connectivity index (χ1) is 10.7. The molecule has 2 bridgehead atoms. The van der Waals surface area contributed by atoms with Crippen molar-refractivity contribution in [2.45, 2.75) is 18.9 Å². The summed E-state index contributed by atoms with van der Waals surface area (Å²) in [5.74, 6) is 0.462. The van der Waals surface area contributed by atoms with E-state index in [4.69, 9.17) is 5.26 Å². The van der Waals surface area contributed by atoms with Gasteiger partial charge in [-0.05, 0) is 37.9 Å². The molecule has 5 nitrogen and oxygen atoms in total. The maximum Gasteiger partial charge on any atom is 0.270 e. The molecule has 0 spiro atoms. The van der Waals surface area contributed by atoms with Gasteiger partial charge in [0.2, 0.25) is 0 Å². The van der Waals surface area contributed by atoms with Gasteiger partial charge in [0.25, 0.3) is 5.91 Å². The van der Waals surface area contributed by atoms with E-state index in [1.54, 1.807) is 17.6 Å². The van der Waals surface area contributed by atoms with Crippen LogP contribution in [-0.2, 0) is 0 Å². The van der Waals surface area contributed by atoms with Crippen LogP contribution in [0.1, 0.15) is 28.9 Å². The Labute approximate surface area is 132 Å². The van der Waals surface area contributed by atoms with E-state index >= 15 is 0 Å². The van der Waals surface area contributed by atoms with Gasteiger partial charge in [-0.2, -0.15) is 5.26 Å². The van der Waals surface area contributed by atoms with Crippen LogP contribution in [0, 0.1) is 17.2 Å². The van der Waals surface area contributed by atoms with Gasteiger partial charge in [0.15, 0.2) is 0 Å². The molecule has 0 aliphatic carbocycles. The van der Waals surface area contributed by atoms with Crippen LogP contribution in [0.3, 0.4) is 0 Å². The number of piperidine rings is 3. The van der Waals surface area contributed by atoms with Crippen molar-refractivity contribution in [1.82, 2.24) is 15.2 Å². The van der Waals surface area contributed by atoms with Crippen molar-refractivity contribution in [3.05, 3.63) is 28.9 Å². The van der Waals surface area contributed by atoms with E-state index in [1.165, 1.54) is 24.2 Å². The van der Waals surface area contributed by atoms with Crippen LogP contribution in [0.15, 0.2) is 17.6 Å². The minimum absolute atomic E-state index is 0.129. The molecule has 1 N–H and O–H groups in total. The molecule has 0 radical (unpaired) electrons. The van der Waals surface area contributed by atoms with Crippen LogP contribution in [0.25, 0.3) is 10.1 Å². The number of carbonyl (C=O) groups excluding carboxylic acids is 1. The van der Waals surface area contributed by atoms with E-state index in [-0.39, 0.29) is 11.9 Å². The van der Waals surface area contributed by atoms with Crippen molar-refractivity contribution in [2.24, 2.45) is 5.92 Å². The van der Waals surface area contributed by atoms with Gasteiger partial charge in [0, 0.05) is 29.5 Å². The van der Waals surface area contributed by atoms with E-state index in [0.717, 1.165) is 29.7 Å². The number of thiophene rings is 1. The van der Waals surface area contributed by atoms with Crippen molar-refractivity contribution in [3.63, 3.8) is 0 Å². The van der Waals surface area contributed by atoms with E-state index in [1.807, 2.05) is 0 Å². The minimum Gasteiger partial charge on any atom is -0.346 e. The number of hydrogen-bond acceptors (Lipinski definition) is 5. The number of fused-ring (bicyclic) bond motifs is 4. The summed E-state index contributed by atoms with van der Waals surface area (Å²) in [4.78, 5) is 19.2. The second-order valence-corrected chi connectivity index (χ2v) is 6.96. The topological polar surface area (TPSA) is 69.0 Å². The third kappa shape index (κ3) is 2.27. The van der Waals surface area contributed by atoms with Gasteiger partial charge < -0.3 is 10.2 Å². The van der Waals surface area contributed by atoms with Crippen LogP contribution in [0.4, 0.5) is 0 Å². The Morgan fingerprint density at radius 2 is 2.27 bits per heavy atom. The van der Waals surface area contributed by atoms with Gasteiger partial charge in [0.05, 0.1) is 10.3 Å². The van der Waals surface area contributed by atoms with Crippen LogP contribution in [-0.4, -0.2) is 41.5 Å². The lowest BCUT2D eigenvalue weighted by molar-refractivity contribution is 0.0618. The molecular weight excluding hydrogens is 296 g/mol. The molecule has 1 amide bonds. The zero-order valence-corrected chi connectivity index (χ0v) is 12.9. The summed E-state index contributed by atoms with van der Waals surface area (Å²) in [6, 6.07) is 4.13. The molecule has 3 saturated heterocycles. The van der Waals surface area contributed by atoms with Crippen LogP contribution >= 0.6 is 11.3 Å². The smallest absolute Gasteiger partial charge is 0.270 e. The highest BCUT2D eigenvalue weighted by Crippen LogP contribution is 2.28. The van der Waals surface area contributed by atoms with Crippen molar-refractivity contribution >= 4 is 27.3 Å². The molecule has 22 heavy (non-hydrogen) atoms. The summed E-state index contributed by atoms with van der Waals surface area (Å²) in [6.45, 7) is 3.25. The largest absolute Gasteiger partial charge is 0.346 e. The molecule has 6 heteroatoms. The highest BCUT2D eigenvalue weighted by atomic mass is 32.1. The van der Waals surface area contributed by atoms with E-state index in [9.17, 15) is 4.79 Å². The maximum absolute atomic E-state index is 12.5. The number of rotatable bonds is 2. The first kappa shape index (κ1) is 13.7. The van der Waals surface area contributed by atoms with Gasteiger partial charge in [-0.15, -0.1) is 11.3 Å². The van der Waals surface area contributed by atoms with Gasteiger partial charge in [-0.3, -0.25) is 4.79 Å². The molecule has 3 aliphatic heterocycles. The summed E-state index contributed by atoms with van der Waals surface area (Å²) < 4.78 is 0.941. The molecule has 3 aliphatic rings. The molecule has 3 fully saturated rings. The first-order valence-corrected chi connectivity index (χ1v) is 8.43. The molecule has 112 valence electrons. The zero-order valence-electron chi connectivity index (χ0n) is 12.1. The van der Waals surface area contributed by atoms with Gasteiger partial charge in [-0.1, -0.05) is 0 Å². The third-order valence-corrected chi connectivity index (χ3v) is 5.72. The number of hydrogen-bond donors (Lipinski definition) is 1. The lowest BCUT2D eigenvalue weighted by Crippen LogP contribution is -2.57. The summed E-state index contributed by atoms with van der Waals surface area (Å²) in [7, 11) is 0. The number of nitrogens with one attached hydrogen (secondary N) is 1. The van der Waals surface area contributed by atoms with Gasteiger partial charge >= 0.3 is 0 Å².